The van der Waals surface area contributed by atoms with Crippen LogP contribution in [0.5, 0.6) is 0 Å². The molecule has 0 radical (unpaired) electrons. The van der Waals surface area contributed by atoms with Gasteiger partial charge in [-0.15, -0.1) is 11.3 Å². The molecular formula is C16H13F2NS. The van der Waals surface area contributed by atoms with E-state index in [-0.39, 0.29) is 5.56 Å². The number of rotatable bonds is 3. The van der Waals surface area contributed by atoms with Gasteiger partial charge in [0.05, 0.1) is 0 Å². The molecule has 102 valence electrons. The summed E-state index contributed by atoms with van der Waals surface area (Å²) in [4.78, 5) is 0. The summed E-state index contributed by atoms with van der Waals surface area (Å²) in [5, 5.41) is 3.10. The summed E-state index contributed by atoms with van der Waals surface area (Å²) in [6, 6.07) is 11.1. The van der Waals surface area contributed by atoms with Crippen LogP contribution in [-0.4, -0.2) is 0 Å². The summed E-state index contributed by atoms with van der Waals surface area (Å²) in [5.41, 5.74) is 6.99. The number of benzene rings is 2. The van der Waals surface area contributed by atoms with Crippen molar-refractivity contribution in [2.75, 3.05) is 0 Å². The van der Waals surface area contributed by atoms with E-state index in [0.717, 1.165) is 15.6 Å². The number of nitrogens with two attached hydrogens (primary N) is 1. The largest absolute Gasteiger partial charge is 0.323 e. The Bertz CT molecular complexity index is 731. The number of thiophene rings is 1. The fraction of sp³-hybridized carbons (Fsp3) is 0.125. The maximum atomic E-state index is 13.7. The van der Waals surface area contributed by atoms with Crippen molar-refractivity contribution in [2.24, 2.45) is 5.73 Å². The van der Waals surface area contributed by atoms with Gasteiger partial charge in [0.15, 0.2) is 0 Å². The second kappa shape index (κ2) is 5.31. The van der Waals surface area contributed by atoms with E-state index in [1.807, 2.05) is 29.6 Å². The molecule has 0 amide bonds. The molecule has 20 heavy (non-hydrogen) atoms. The highest BCUT2D eigenvalue weighted by atomic mass is 32.1. The lowest BCUT2D eigenvalue weighted by atomic mass is 9.98. The lowest BCUT2D eigenvalue weighted by Crippen LogP contribution is -2.16. The van der Waals surface area contributed by atoms with Crippen LogP contribution in [0.3, 0.4) is 0 Å². The summed E-state index contributed by atoms with van der Waals surface area (Å²) in [6.45, 7) is 0. The summed E-state index contributed by atoms with van der Waals surface area (Å²) in [6.07, 6.45) is 0.419. The van der Waals surface area contributed by atoms with E-state index in [9.17, 15) is 8.78 Å². The Morgan fingerprint density at radius 1 is 1.00 bits per heavy atom. The van der Waals surface area contributed by atoms with E-state index >= 15 is 0 Å². The van der Waals surface area contributed by atoms with Crippen molar-refractivity contribution in [2.45, 2.75) is 12.5 Å². The molecule has 0 saturated heterocycles. The molecule has 1 aromatic heterocycles. The third-order valence-corrected chi connectivity index (χ3v) is 4.38. The minimum atomic E-state index is -0.686. The van der Waals surface area contributed by atoms with Crippen molar-refractivity contribution in [3.63, 3.8) is 0 Å². The van der Waals surface area contributed by atoms with Crippen molar-refractivity contribution in [1.82, 2.24) is 0 Å². The molecule has 3 rings (SSSR count). The fourth-order valence-corrected chi connectivity index (χ4v) is 3.37. The van der Waals surface area contributed by atoms with Gasteiger partial charge < -0.3 is 5.73 Å². The maximum absolute atomic E-state index is 13.7. The molecule has 1 nitrogen and oxygen atoms in total. The lowest BCUT2D eigenvalue weighted by molar-refractivity contribution is 0.525. The van der Waals surface area contributed by atoms with Gasteiger partial charge in [0.25, 0.3) is 0 Å². The molecule has 0 spiro atoms. The van der Waals surface area contributed by atoms with Gasteiger partial charge in [0.2, 0.25) is 0 Å². The van der Waals surface area contributed by atoms with Crippen LogP contribution >= 0.6 is 11.3 Å². The molecule has 0 fully saturated rings. The highest BCUT2D eigenvalue weighted by molar-refractivity contribution is 7.17. The van der Waals surface area contributed by atoms with Crippen molar-refractivity contribution in [1.29, 1.82) is 0 Å². The van der Waals surface area contributed by atoms with Crippen molar-refractivity contribution in [3.8, 4) is 0 Å². The normalized spacial score (nSPS) is 12.8. The number of fused-ring (bicyclic) bond motifs is 1. The molecule has 4 heteroatoms. The Labute approximate surface area is 119 Å². The highest BCUT2D eigenvalue weighted by Gasteiger charge is 2.18. The van der Waals surface area contributed by atoms with Crippen molar-refractivity contribution >= 4 is 21.4 Å². The highest BCUT2D eigenvalue weighted by Crippen LogP contribution is 2.30. The van der Waals surface area contributed by atoms with E-state index in [0.29, 0.717) is 6.42 Å². The van der Waals surface area contributed by atoms with Crippen LogP contribution in [0, 0.1) is 11.6 Å². The van der Waals surface area contributed by atoms with Crippen LogP contribution in [0.1, 0.15) is 17.2 Å². The van der Waals surface area contributed by atoms with Gasteiger partial charge in [0.1, 0.15) is 11.6 Å². The monoisotopic (exact) mass is 289 g/mol. The zero-order valence-electron chi connectivity index (χ0n) is 10.6. The quantitative estimate of drug-likeness (QED) is 0.758. The first-order valence-corrected chi connectivity index (χ1v) is 7.19. The molecule has 2 N–H and O–H groups in total. The average Bonchev–Trinajstić information content (AvgIpc) is 2.82. The van der Waals surface area contributed by atoms with E-state index < -0.39 is 17.7 Å². The Morgan fingerprint density at radius 3 is 2.45 bits per heavy atom. The molecule has 0 aliphatic heterocycles. The number of hydrogen-bond donors (Lipinski definition) is 1. The van der Waals surface area contributed by atoms with Gasteiger partial charge in [-0.3, -0.25) is 0 Å². The van der Waals surface area contributed by atoms with Crippen LogP contribution in [0.2, 0.25) is 0 Å². The molecule has 0 aliphatic rings. The first kappa shape index (κ1) is 13.2. The second-order valence-electron chi connectivity index (χ2n) is 4.70. The average molecular weight is 289 g/mol. The SMILES string of the molecule is NC(Cc1csc2ccccc12)c1c(F)cccc1F. The molecule has 0 bridgehead atoms. The summed E-state index contributed by atoms with van der Waals surface area (Å²) >= 11 is 1.62. The topological polar surface area (TPSA) is 26.0 Å². The van der Waals surface area contributed by atoms with Gasteiger partial charge in [-0.05, 0) is 40.9 Å². The van der Waals surface area contributed by atoms with Crippen molar-refractivity contribution in [3.05, 3.63) is 70.6 Å². The second-order valence-corrected chi connectivity index (χ2v) is 5.61. The van der Waals surface area contributed by atoms with Crippen LogP contribution < -0.4 is 5.73 Å². The van der Waals surface area contributed by atoms with E-state index in [4.69, 9.17) is 5.73 Å². The van der Waals surface area contributed by atoms with Crippen LogP contribution in [0.25, 0.3) is 10.1 Å². The van der Waals surface area contributed by atoms with E-state index in [1.165, 1.54) is 18.2 Å². The van der Waals surface area contributed by atoms with Gasteiger partial charge >= 0.3 is 0 Å². The van der Waals surface area contributed by atoms with Gasteiger partial charge in [-0.2, -0.15) is 0 Å². The van der Waals surface area contributed by atoms with Crippen molar-refractivity contribution < 1.29 is 8.78 Å². The number of hydrogen-bond acceptors (Lipinski definition) is 2. The Morgan fingerprint density at radius 2 is 1.70 bits per heavy atom. The van der Waals surface area contributed by atoms with Crippen LogP contribution in [-0.2, 0) is 6.42 Å². The van der Waals surface area contributed by atoms with E-state index in [1.54, 1.807) is 11.3 Å². The smallest absolute Gasteiger partial charge is 0.130 e. The maximum Gasteiger partial charge on any atom is 0.130 e. The standard InChI is InChI=1S/C16H13F2NS/c17-12-5-3-6-13(18)16(12)14(19)8-10-9-20-15-7-2-1-4-11(10)15/h1-7,9,14H,8,19H2. The molecule has 0 saturated carbocycles. The molecule has 3 aromatic rings. The third kappa shape index (κ3) is 2.32. The fourth-order valence-electron chi connectivity index (χ4n) is 2.39. The predicted octanol–water partition coefficient (Wildman–Crippen LogP) is 4.42. The first-order valence-electron chi connectivity index (χ1n) is 6.31. The van der Waals surface area contributed by atoms with Gasteiger partial charge in [-0.1, -0.05) is 24.3 Å². The molecule has 0 aliphatic carbocycles. The lowest BCUT2D eigenvalue weighted by Gasteiger charge is -2.13. The summed E-state index contributed by atoms with van der Waals surface area (Å²) in [5.74, 6) is -1.17. The molecule has 1 heterocycles. The van der Waals surface area contributed by atoms with Gasteiger partial charge in [-0.25, -0.2) is 8.78 Å². The Kier molecular flexibility index (Phi) is 3.51. The molecule has 2 aromatic carbocycles. The molecule has 1 unspecified atom stereocenters. The summed E-state index contributed by atoms with van der Waals surface area (Å²) in [7, 11) is 0. The minimum absolute atomic E-state index is 0.0391. The van der Waals surface area contributed by atoms with E-state index in [2.05, 4.69) is 0 Å². The first-order chi connectivity index (χ1) is 9.66. The Hall–Kier alpha value is -1.78. The predicted molar refractivity (Wildman–Crippen MR) is 78.8 cm³/mol. The zero-order chi connectivity index (χ0) is 14.1. The molecular weight excluding hydrogens is 276 g/mol. The minimum Gasteiger partial charge on any atom is -0.323 e. The Balaban J connectivity index is 1.95. The molecule has 1 atom stereocenters. The van der Waals surface area contributed by atoms with Crippen LogP contribution in [0.15, 0.2) is 47.8 Å². The summed E-state index contributed by atoms with van der Waals surface area (Å²) < 4.78 is 28.6. The van der Waals surface area contributed by atoms with Crippen LogP contribution in [0.4, 0.5) is 8.78 Å². The third-order valence-electron chi connectivity index (χ3n) is 3.37. The zero-order valence-corrected chi connectivity index (χ0v) is 11.5. The van der Waals surface area contributed by atoms with Gasteiger partial charge in [0, 0.05) is 16.3 Å². The number of halogens is 2.